The zero-order valence-electron chi connectivity index (χ0n) is 12.1. The first kappa shape index (κ1) is 13.9. The molecule has 6 heteroatoms. The van der Waals surface area contributed by atoms with Crippen molar-refractivity contribution in [3.63, 3.8) is 0 Å². The lowest BCUT2D eigenvalue weighted by Gasteiger charge is -2.32. The first-order valence-electron chi connectivity index (χ1n) is 7.08. The van der Waals surface area contributed by atoms with Crippen molar-refractivity contribution in [2.24, 2.45) is 0 Å². The normalized spacial score (nSPS) is 19.4. The molecule has 0 amide bonds. The maximum Gasteiger partial charge on any atom is 0.222 e. The Hall–Kier alpha value is -2.05. The lowest BCUT2D eigenvalue weighted by molar-refractivity contribution is -0.0350. The summed E-state index contributed by atoms with van der Waals surface area (Å²) < 4.78 is 5.82. The van der Waals surface area contributed by atoms with Gasteiger partial charge in [0.2, 0.25) is 5.95 Å². The summed E-state index contributed by atoms with van der Waals surface area (Å²) in [5.41, 5.74) is 2.10. The second-order valence-corrected chi connectivity index (χ2v) is 5.01. The molecule has 3 heterocycles. The molecule has 3 rings (SSSR count). The molecule has 0 aliphatic carbocycles. The summed E-state index contributed by atoms with van der Waals surface area (Å²) in [5.74, 6) is 0.645. The number of hydrogen-bond acceptors (Lipinski definition) is 6. The van der Waals surface area contributed by atoms with E-state index in [-0.39, 0.29) is 6.10 Å². The molecule has 1 saturated heterocycles. The average molecular weight is 285 g/mol. The number of anilines is 1. The van der Waals surface area contributed by atoms with Crippen LogP contribution in [0.4, 0.5) is 5.95 Å². The number of ether oxygens (including phenoxy) is 1. The smallest absolute Gasteiger partial charge is 0.222 e. The molecule has 0 saturated carbocycles. The molecule has 2 aromatic heterocycles. The number of morpholine rings is 1. The van der Waals surface area contributed by atoms with Gasteiger partial charge in [0.15, 0.2) is 0 Å². The minimum absolute atomic E-state index is 0.0393. The Kier molecular flexibility index (Phi) is 4.37. The molecule has 0 spiro atoms. The molecule has 6 nitrogen and oxygen atoms in total. The Morgan fingerprint density at radius 1 is 1.29 bits per heavy atom. The van der Waals surface area contributed by atoms with Crippen molar-refractivity contribution in [3.8, 4) is 0 Å². The van der Waals surface area contributed by atoms with Crippen LogP contribution in [-0.2, 0) is 11.3 Å². The first-order chi connectivity index (χ1) is 10.3. The Morgan fingerprint density at radius 3 is 2.86 bits per heavy atom. The number of nitrogens with one attached hydrogen (secondary N) is 1. The van der Waals surface area contributed by atoms with E-state index in [1.54, 1.807) is 0 Å². The third-order valence-corrected chi connectivity index (χ3v) is 3.50. The van der Waals surface area contributed by atoms with Crippen LogP contribution in [0.25, 0.3) is 0 Å². The van der Waals surface area contributed by atoms with Gasteiger partial charge < -0.3 is 10.1 Å². The van der Waals surface area contributed by atoms with E-state index in [2.05, 4.69) is 25.2 Å². The predicted molar refractivity (Wildman–Crippen MR) is 79.8 cm³/mol. The average Bonchev–Trinajstić information content (AvgIpc) is 2.57. The maximum absolute atomic E-state index is 5.82. The van der Waals surface area contributed by atoms with E-state index in [0.29, 0.717) is 5.95 Å². The van der Waals surface area contributed by atoms with E-state index < -0.39 is 0 Å². The molecule has 1 aliphatic heterocycles. The van der Waals surface area contributed by atoms with Gasteiger partial charge in [-0.3, -0.25) is 9.88 Å². The quantitative estimate of drug-likeness (QED) is 0.918. The van der Waals surface area contributed by atoms with Crippen LogP contribution in [0.3, 0.4) is 0 Å². The molecule has 1 N–H and O–H groups in total. The minimum Gasteiger partial charge on any atom is -0.369 e. The molecule has 2 aromatic rings. The molecule has 1 fully saturated rings. The van der Waals surface area contributed by atoms with Crippen molar-refractivity contribution < 1.29 is 4.74 Å². The topological polar surface area (TPSA) is 63.2 Å². The number of pyridine rings is 1. The lowest BCUT2D eigenvalue weighted by Crippen LogP contribution is -2.38. The zero-order valence-corrected chi connectivity index (χ0v) is 12.1. The van der Waals surface area contributed by atoms with Crippen molar-refractivity contribution in [1.82, 2.24) is 19.9 Å². The van der Waals surface area contributed by atoms with Crippen LogP contribution in [0.5, 0.6) is 0 Å². The highest BCUT2D eigenvalue weighted by molar-refractivity contribution is 5.23. The van der Waals surface area contributed by atoms with Crippen molar-refractivity contribution in [1.29, 1.82) is 0 Å². The third-order valence-electron chi connectivity index (χ3n) is 3.50. The number of rotatable bonds is 4. The van der Waals surface area contributed by atoms with Gasteiger partial charge in [0.25, 0.3) is 0 Å². The summed E-state index contributed by atoms with van der Waals surface area (Å²) in [6.45, 7) is 3.30. The maximum atomic E-state index is 5.82. The van der Waals surface area contributed by atoms with E-state index in [4.69, 9.17) is 4.74 Å². The molecule has 0 radical (unpaired) electrons. The minimum atomic E-state index is 0.0393. The fourth-order valence-corrected chi connectivity index (χ4v) is 2.42. The van der Waals surface area contributed by atoms with Gasteiger partial charge in [0.05, 0.1) is 12.3 Å². The zero-order chi connectivity index (χ0) is 14.5. The molecule has 1 unspecified atom stereocenters. The molecular formula is C15H19N5O. The molecule has 21 heavy (non-hydrogen) atoms. The highest BCUT2D eigenvalue weighted by atomic mass is 16.5. The number of aromatic nitrogens is 3. The second kappa shape index (κ2) is 6.60. The summed E-state index contributed by atoms with van der Waals surface area (Å²) in [5, 5.41) is 2.92. The van der Waals surface area contributed by atoms with E-state index in [1.807, 2.05) is 43.8 Å². The van der Waals surface area contributed by atoms with E-state index in [9.17, 15) is 0 Å². The van der Waals surface area contributed by atoms with Crippen LogP contribution in [0.15, 0.2) is 36.8 Å². The molecule has 110 valence electrons. The van der Waals surface area contributed by atoms with Crippen LogP contribution in [-0.4, -0.2) is 46.6 Å². The summed E-state index contributed by atoms with van der Waals surface area (Å²) >= 11 is 0. The van der Waals surface area contributed by atoms with Gasteiger partial charge in [0.1, 0.15) is 6.10 Å². The lowest BCUT2D eigenvalue weighted by atomic mass is 10.1. The Labute approximate surface area is 124 Å². The van der Waals surface area contributed by atoms with E-state index in [1.165, 1.54) is 0 Å². The standard InChI is InChI=1S/C15H19N5O/c1-16-15-18-8-12(9-19-15)10-20-6-7-21-14(11-20)13-4-2-3-5-17-13/h2-5,8-9,14H,6-7,10-11H2,1H3,(H,16,18,19). The summed E-state index contributed by atoms with van der Waals surface area (Å²) in [7, 11) is 1.81. The SMILES string of the molecule is CNc1ncc(CN2CCOC(c3ccccn3)C2)cn1. The Balaban J connectivity index is 1.63. The van der Waals surface area contributed by atoms with E-state index >= 15 is 0 Å². The molecule has 1 atom stereocenters. The highest BCUT2D eigenvalue weighted by Gasteiger charge is 2.22. The first-order valence-corrected chi connectivity index (χ1v) is 7.08. The van der Waals surface area contributed by atoms with Gasteiger partial charge in [-0.05, 0) is 12.1 Å². The van der Waals surface area contributed by atoms with Crippen molar-refractivity contribution in [2.75, 3.05) is 32.1 Å². The van der Waals surface area contributed by atoms with Gasteiger partial charge in [0, 0.05) is 50.8 Å². The van der Waals surface area contributed by atoms with E-state index in [0.717, 1.165) is 37.5 Å². The Bertz CT molecular complexity index is 560. The summed E-state index contributed by atoms with van der Waals surface area (Å²) in [4.78, 5) is 15.2. The van der Waals surface area contributed by atoms with Crippen molar-refractivity contribution >= 4 is 5.95 Å². The number of nitrogens with zero attached hydrogens (tertiary/aromatic N) is 4. The third kappa shape index (κ3) is 3.53. The Morgan fingerprint density at radius 2 is 2.14 bits per heavy atom. The van der Waals surface area contributed by atoms with Crippen molar-refractivity contribution in [3.05, 3.63) is 48.0 Å². The summed E-state index contributed by atoms with van der Waals surface area (Å²) in [6, 6.07) is 5.93. The molecule has 0 aromatic carbocycles. The summed E-state index contributed by atoms with van der Waals surface area (Å²) in [6.07, 6.45) is 5.58. The second-order valence-electron chi connectivity index (χ2n) is 5.01. The largest absolute Gasteiger partial charge is 0.369 e. The fraction of sp³-hybridized carbons (Fsp3) is 0.400. The monoisotopic (exact) mass is 285 g/mol. The van der Waals surface area contributed by atoms with Crippen LogP contribution in [0, 0.1) is 0 Å². The predicted octanol–water partition coefficient (Wildman–Crippen LogP) is 1.49. The van der Waals surface area contributed by atoms with Gasteiger partial charge in [-0.25, -0.2) is 9.97 Å². The fourth-order valence-electron chi connectivity index (χ4n) is 2.42. The van der Waals surface area contributed by atoms with Gasteiger partial charge in [-0.2, -0.15) is 0 Å². The molecular weight excluding hydrogens is 266 g/mol. The van der Waals surface area contributed by atoms with Gasteiger partial charge >= 0.3 is 0 Å². The molecule has 0 bridgehead atoms. The highest BCUT2D eigenvalue weighted by Crippen LogP contribution is 2.21. The van der Waals surface area contributed by atoms with Crippen LogP contribution < -0.4 is 5.32 Å². The molecule has 1 aliphatic rings. The number of hydrogen-bond donors (Lipinski definition) is 1. The van der Waals surface area contributed by atoms with Gasteiger partial charge in [-0.15, -0.1) is 0 Å². The van der Waals surface area contributed by atoms with Crippen LogP contribution in [0.1, 0.15) is 17.4 Å². The van der Waals surface area contributed by atoms with Crippen LogP contribution >= 0.6 is 0 Å². The van der Waals surface area contributed by atoms with Crippen LogP contribution in [0.2, 0.25) is 0 Å². The van der Waals surface area contributed by atoms with Crippen molar-refractivity contribution in [2.45, 2.75) is 12.6 Å². The van der Waals surface area contributed by atoms with Gasteiger partial charge in [-0.1, -0.05) is 6.07 Å².